The molecule has 1 aromatic heterocycles. The predicted octanol–water partition coefficient (Wildman–Crippen LogP) is 7.44. The van der Waals surface area contributed by atoms with Crippen LogP contribution < -0.4 is 20.7 Å². The predicted molar refractivity (Wildman–Crippen MR) is 204 cm³/mol. The molecule has 8 rings (SSSR count). The van der Waals surface area contributed by atoms with E-state index >= 15 is 0 Å². The topological polar surface area (TPSA) is 76.3 Å². The van der Waals surface area contributed by atoms with Gasteiger partial charge in [0.15, 0.2) is 8.07 Å². The number of benzene rings is 7. The van der Waals surface area contributed by atoms with Crippen molar-refractivity contribution in [1.82, 2.24) is 4.57 Å². The third kappa shape index (κ3) is 4.80. The lowest BCUT2D eigenvalue weighted by atomic mass is 10.0. The second-order valence-electron chi connectivity index (χ2n) is 12.3. The summed E-state index contributed by atoms with van der Waals surface area (Å²) in [6.07, 6.45) is 0. The molecule has 0 atom stereocenters. The van der Waals surface area contributed by atoms with Gasteiger partial charge in [-0.3, -0.25) is 0 Å². The second kappa shape index (κ2) is 12.6. The van der Waals surface area contributed by atoms with Crippen molar-refractivity contribution in [2.24, 2.45) is 0 Å². The smallest absolute Gasteiger partial charge is 0.180 e. The molecule has 7 aromatic carbocycles. The van der Waals surface area contributed by atoms with E-state index in [1.165, 1.54) is 15.6 Å². The van der Waals surface area contributed by atoms with Crippen LogP contribution in [0, 0.1) is 34.0 Å². The van der Waals surface area contributed by atoms with E-state index in [2.05, 4.69) is 120 Å². The summed E-state index contributed by atoms with van der Waals surface area (Å²) in [6, 6.07) is 64.9. The van der Waals surface area contributed by atoms with Crippen LogP contribution in [-0.2, 0) is 0 Å². The summed E-state index contributed by atoms with van der Waals surface area (Å²) in [4.78, 5) is 0. The first kappa shape index (κ1) is 30.4. The van der Waals surface area contributed by atoms with Crippen LogP contribution in [0.15, 0.2) is 170 Å². The van der Waals surface area contributed by atoms with Crippen LogP contribution in [0.2, 0.25) is 0 Å². The summed E-state index contributed by atoms with van der Waals surface area (Å²) in [7, 11) is -3.00. The Bertz CT molecular complexity index is 2580. The van der Waals surface area contributed by atoms with E-state index in [0.717, 1.165) is 43.8 Å². The second-order valence-corrected chi connectivity index (χ2v) is 16.0. The largest absolute Gasteiger partial charge is 0.308 e. The van der Waals surface area contributed by atoms with Gasteiger partial charge < -0.3 is 4.57 Å². The van der Waals surface area contributed by atoms with Crippen molar-refractivity contribution in [3.63, 3.8) is 0 Å². The molecular formula is C45H28N4Si. The van der Waals surface area contributed by atoms with Gasteiger partial charge in [-0.05, 0) is 74.3 Å². The van der Waals surface area contributed by atoms with E-state index in [1.807, 2.05) is 72.8 Å². The number of hydrogen-bond donors (Lipinski definition) is 0. The molecule has 0 aliphatic heterocycles. The summed E-state index contributed by atoms with van der Waals surface area (Å²) in [5.74, 6) is 0. The number of nitrogens with zero attached hydrogens (tertiary/aromatic N) is 4. The molecule has 5 heteroatoms. The zero-order valence-electron chi connectivity index (χ0n) is 27.0. The normalized spacial score (nSPS) is 11.1. The van der Waals surface area contributed by atoms with Crippen molar-refractivity contribution in [3.05, 3.63) is 187 Å². The maximum atomic E-state index is 10.7. The molecule has 4 nitrogen and oxygen atoms in total. The Labute approximate surface area is 291 Å². The number of rotatable bonds is 6. The Morgan fingerprint density at radius 2 is 0.940 bits per heavy atom. The number of hydrogen-bond acceptors (Lipinski definition) is 3. The molecular weight excluding hydrogens is 625 g/mol. The van der Waals surface area contributed by atoms with Gasteiger partial charge in [-0.2, -0.15) is 15.8 Å². The molecule has 0 unspecified atom stereocenters. The Morgan fingerprint density at radius 3 is 1.52 bits per heavy atom. The van der Waals surface area contributed by atoms with E-state index in [4.69, 9.17) is 0 Å². The molecule has 232 valence electrons. The lowest BCUT2D eigenvalue weighted by Crippen LogP contribution is -2.75. The number of nitriles is 3. The fraction of sp³-hybridized carbons (Fsp3) is 0. The highest BCUT2D eigenvalue weighted by Gasteiger charge is 2.43. The van der Waals surface area contributed by atoms with Gasteiger partial charge in [-0.1, -0.05) is 127 Å². The Kier molecular flexibility index (Phi) is 7.63. The van der Waals surface area contributed by atoms with Crippen molar-refractivity contribution in [2.45, 2.75) is 0 Å². The van der Waals surface area contributed by atoms with Crippen molar-refractivity contribution < 1.29 is 0 Å². The molecule has 50 heavy (non-hydrogen) atoms. The maximum absolute atomic E-state index is 10.7. The van der Waals surface area contributed by atoms with Crippen molar-refractivity contribution in [2.75, 3.05) is 0 Å². The van der Waals surface area contributed by atoms with Crippen LogP contribution in [0.3, 0.4) is 0 Å². The van der Waals surface area contributed by atoms with Crippen molar-refractivity contribution in [1.29, 1.82) is 15.8 Å². The molecule has 0 spiro atoms. The minimum absolute atomic E-state index is 0.538. The van der Waals surface area contributed by atoms with E-state index in [9.17, 15) is 15.8 Å². The third-order valence-corrected chi connectivity index (χ3v) is 14.5. The molecule has 0 saturated heterocycles. The summed E-state index contributed by atoms with van der Waals surface area (Å²) in [5, 5.41) is 37.2. The summed E-state index contributed by atoms with van der Waals surface area (Å²) in [5.41, 5.74) is 6.28. The highest BCUT2D eigenvalue weighted by Crippen LogP contribution is 2.35. The van der Waals surface area contributed by atoms with Crippen LogP contribution >= 0.6 is 0 Å². The molecule has 0 saturated carbocycles. The van der Waals surface area contributed by atoms with Crippen molar-refractivity contribution in [3.8, 4) is 35.0 Å². The fourth-order valence-electron chi connectivity index (χ4n) is 7.46. The van der Waals surface area contributed by atoms with Gasteiger partial charge >= 0.3 is 0 Å². The number of fused-ring (bicyclic) bond motifs is 3. The van der Waals surface area contributed by atoms with Gasteiger partial charge in [0, 0.05) is 10.8 Å². The number of aromatic nitrogens is 1. The molecule has 0 radical (unpaired) electrons. The molecule has 0 aliphatic carbocycles. The maximum Gasteiger partial charge on any atom is 0.180 e. The highest BCUT2D eigenvalue weighted by atomic mass is 28.3. The molecule has 0 fully saturated rings. The minimum atomic E-state index is -3.00. The average Bonchev–Trinajstić information content (AvgIpc) is 3.52. The molecule has 8 aromatic rings. The molecule has 0 amide bonds. The monoisotopic (exact) mass is 652 g/mol. The van der Waals surface area contributed by atoms with Crippen LogP contribution in [0.25, 0.3) is 38.6 Å². The van der Waals surface area contributed by atoms with Crippen LogP contribution in [-0.4, -0.2) is 12.6 Å². The Hall–Kier alpha value is -6.97. The van der Waals surface area contributed by atoms with Gasteiger partial charge in [-0.25, -0.2) is 0 Å². The first-order chi connectivity index (χ1) is 24.7. The quantitative estimate of drug-likeness (QED) is 0.138. The summed E-state index contributed by atoms with van der Waals surface area (Å²) in [6.45, 7) is 0. The van der Waals surface area contributed by atoms with E-state index in [0.29, 0.717) is 16.7 Å². The van der Waals surface area contributed by atoms with Crippen LogP contribution in [0.1, 0.15) is 16.7 Å². The van der Waals surface area contributed by atoms with E-state index in [-0.39, 0.29) is 0 Å². The van der Waals surface area contributed by atoms with Crippen LogP contribution in [0.4, 0.5) is 0 Å². The summed E-state index contributed by atoms with van der Waals surface area (Å²) >= 11 is 0. The van der Waals surface area contributed by atoms with Gasteiger partial charge in [0.05, 0.1) is 45.5 Å². The third-order valence-electron chi connectivity index (χ3n) is 9.66. The Balaban J connectivity index is 1.42. The fourth-order valence-corrected chi connectivity index (χ4v) is 12.4. The van der Waals surface area contributed by atoms with E-state index < -0.39 is 8.07 Å². The van der Waals surface area contributed by atoms with Gasteiger partial charge in [0.2, 0.25) is 0 Å². The van der Waals surface area contributed by atoms with Crippen LogP contribution in [0.5, 0.6) is 0 Å². The van der Waals surface area contributed by atoms with Crippen molar-refractivity contribution >= 4 is 50.6 Å². The van der Waals surface area contributed by atoms with Gasteiger partial charge in [0.25, 0.3) is 0 Å². The minimum Gasteiger partial charge on any atom is -0.308 e. The summed E-state index contributed by atoms with van der Waals surface area (Å²) < 4.78 is 2.12. The first-order valence-corrected chi connectivity index (χ1v) is 18.4. The lowest BCUT2D eigenvalue weighted by molar-refractivity contribution is 1.17. The molecule has 1 heterocycles. The zero-order valence-corrected chi connectivity index (χ0v) is 28.0. The Morgan fingerprint density at radius 1 is 0.420 bits per heavy atom. The lowest BCUT2D eigenvalue weighted by Gasteiger charge is -2.35. The number of para-hydroxylation sites is 1. The average molecular weight is 653 g/mol. The van der Waals surface area contributed by atoms with Gasteiger partial charge in [0.1, 0.15) is 6.07 Å². The molecule has 0 aliphatic rings. The van der Waals surface area contributed by atoms with Gasteiger partial charge in [-0.15, -0.1) is 0 Å². The standard InChI is InChI=1S/C45H28N4Si/c46-29-32-20-25-43-41(26-32)40-18-10-11-19-42(40)49(43)44-27-33(21-23-35(44)30-47)34-22-24-36(31-48)45(28-34)50(37-12-4-1-5-13-37,38-14-6-2-7-15-38)39-16-8-3-9-17-39/h1-28H. The first-order valence-electron chi connectivity index (χ1n) is 16.4. The van der Waals surface area contributed by atoms with E-state index in [1.54, 1.807) is 0 Å². The molecule has 0 bridgehead atoms. The highest BCUT2D eigenvalue weighted by molar-refractivity contribution is 7.20. The SMILES string of the molecule is N#Cc1ccc2c(c1)c1ccccc1n2-c1cc(-c2ccc(C#N)c([Si](c3ccccc3)(c3ccccc3)c3ccccc3)c2)ccc1C#N. The molecule has 0 N–H and O–H groups in total. The zero-order chi connectivity index (χ0) is 34.1.